The van der Waals surface area contributed by atoms with Crippen molar-refractivity contribution >= 4 is 29.0 Å². The van der Waals surface area contributed by atoms with Gasteiger partial charge in [0.25, 0.3) is 0 Å². The fourth-order valence-electron chi connectivity index (χ4n) is 3.54. The van der Waals surface area contributed by atoms with Crippen LogP contribution in [0.4, 0.5) is 5.13 Å². The number of hydrogen-bond donors (Lipinski definition) is 0. The predicted octanol–water partition coefficient (Wildman–Crippen LogP) is 2.76. The lowest BCUT2D eigenvalue weighted by atomic mass is 9.78. The van der Waals surface area contributed by atoms with Gasteiger partial charge in [-0.25, -0.2) is 4.98 Å². The molecule has 0 saturated carbocycles. The summed E-state index contributed by atoms with van der Waals surface area (Å²) in [7, 11) is -0.295. The molecule has 5 nitrogen and oxygen atoms in total. The maximum absolute atomic E-state index is 6.20. The molecule has 2 fully saturated rings. The monoisotopic (exact) mass is 385 g/mol. The number of piperazine rings is 1. The first kappa shape index (κ1) is 18.9. The highest BCUT2D eigenvalue weighted by molar-refractivity contribution is 7.13. The van der Waals surface area contributed by atoms with Gasteiger partial charge in [-0.1, -0.05) is 24.3 Å². The Morgan fingerprint density at radius 1 is 1.07 bits per heavy atom. The van der Waals surface area contributed by atoms with Gasteiger partial charge in [-0.15, -0.1) is 11.3 Å². The maximum atomic E-state index is 6.20. The number of aromatic nitrogens is 1. The Kier molecular flexibility index (Phi) is 5.05. The van der Waals surface area contributed by atoms with Crippen molar-refractivity contribution in [1.82, 2.24) is 9.88 Å². The van der Waals surface area contributed by atoms with Gasteiger partial charge in [0.05, 0.1) is 11.2 Å². The Bertz CT molecular complexity index is 757. The maximum Gasteiger partial charge on any atom is 0.494 e. The molecule has 2 saturated heterocycles. The van der Waals surface area contributed by atoms with Crippen molar-refractivity contribution in [2.75, 3.05) is 31.1 Å². The number of nitrogens with zero attached hydrogens (tertiary/aromatic N) is 3. The average Bonchev–Trinajstić information content (AvgIpc) is 3.23. The molecule has 0 amide bonds. The van der Waals surface area contributed by atoms with Gasteiger partial charge < -0.3 is 14.2 Å². The van der Waals surface area contributed by atoms with E-state index < -0.39 is 0 Å². The highest BCUT2D eigenvalue weighted by atomic mass is 32.1. The number of rotatable bonds is 4. The van der Waals surface area contributed by atoms with Crippen LogP contribution < -0.4 is 10.4 Å². The van der Waals surface area contributed by atoms with Gasteiger partial charge in [0, 0.05) is 44.3 Å². The highest BCUT2D eigenvalue weighted by Crippen LogP contribution is 2.36. The van der Waals surface area contributed by atoms with Crippen LogP contribution in [0.1, 0.15) is 33.3 Å². The molecule has 7 heteroatoms. The molecule has 1 aromatic carbocycles. The molecule has 2 aromatic rings. The van der Waals surface area contributed by atoms with Gasteiger partial charge in [0.2, 0.25) is 0 Å². The van der Waals surface area contributed by atoms with E-state index in [0.29, 0.717) is 0 Å². The minimum Gasteiger partial charge on any atom is -0.399 e. The fraction of sp³-hybridized carbons (Fsp3) is 0.550. The summed E-state index contributed by atoms with van der Waals surface area (Å²) >= 11 is 1.72. The molecule has 0 bridgehead atoms. The lowest BCUT2D eigenvalue weighted by Crippen LogP contribution is -2.46. The van der Waals surface area contributed by atoms with Gasteiger partial charge in [-0.3, -0.25) is 4.90 Å². The van der Waals surface area contributed by atoms with E-state index in [0.717, 1.165) is 43.3 Å². The molecule has 4 rings (SSSR count). The van der Waals surface area contributed by atoms with Crippen molar-refractivity contribution in [3.8, 4) is 0 Å². The predicted molar refractivity (Wildman–Crippen MR) is 112 cm³/mol. The standard InChI is InChI=1S/C20H28BN3O2S/c1-19(2)20(3,4)26-21(25-19)17-7-5-6-16(14-17)15-23-9-11-24(12-10-23)18-22-8-13-27-18/h5-8,13-14H,9-12,15H2,1-4H3. The minimum absolute atomic E-state index is 0.295. The van der Waals surface area contributed by atoms with Crippen molar-refractivity contribution in [3.05, 3.63) is 41.4 Å². The van der Waals surface area contributed by atoms with Crippen molar-refractivity contribution in [2.45, 2.75) is 45.4 Å². The Labute approximate surface area is 166 Å². The molecule has 1 aromatic heterocycles. The second-order valence-electron chi connectivity index (χ2n) is 8.41. The van der Waals surface area contributed by atoms with Gasteiger partial charge in [0.15, 0.2) is 5.13 Å². The molecule has 0 atom stereocenters. The van der Waals surface area contributed by atoms with Crippen LogP contribution in [0.5, 0.6) is 0 Å². The van der Waals surface area contributed by atoms with Gasteiger partial charge in [-0.05, 0) is 38.7 Å². The number of benzene rings is 1. The summed E-state index contributed by atoms with van der Waals surface area (Å²) in [6, 6.07) is 8.64. The van der Waals surface area contributed by atoms with Crippen molar-refractivity contribution in [2.24, 2.45) is 0 Å². The largest absolute Gasteiger partial charge is 0.494 e. The Hall–Kier alpha value is -1.41. The molecule has 0 radical (unpaired) electrons. The Balaban J connectivity index is 1.38. The third-order valence-corrected chi connectivity index (χ3v) is 6.78. The second-order valence-corrected chi connectivity index (χ2v) is 9.28. The van der Waals surface area contributed by atoms with Crippen LogP contribution >= 0.6 is 11.3 Å². The average molecular weight is 385 g/mol. The van der Waals surface area contributed by atoms with Gasteiger partial charge >= 0.3 is 7.12 Å². The van der Waals surface area contributed by atoms with E-state index in [-0.39, 0.29) is 18.3 Å². The summed E-state index contributed by atoms with van der Waals surface area (Å²) in [4.78, 5) is 9.31. The molecule has 3 heterocycles. The summed E-state index contributed by atoms with van der Waals surface area (Å²) in [5.41, 5.74) is 1.80. The van der Waals surface area contributed by atoms with Crippen LogP contribution in [0.15, 0.2) is 35.8 Å². The van der Waals surface area contributed by atoms with Crippen LogP contribution in [0.25, 0.3) is 0 Å². The zero-order valence-corrected chi connectivity index (χ0v) is 17.5. The molecule has 2 aliphatic heterocycles. The van der Waals surface area contributed by atoms with Crippen LogP contribution in [0.2, 0.25) is 0 Å². The van der Waals surface area contributed by atoms with Crippen molar-refractivity contribution in [3.63, 3.8) is 0 Å². The van der Waals surface area contributed by atoms with E-state index >= 15 is 0 Å². The third kappa shape index (κ3) is 3.92. The van der Waals surface area contributed by atoms with Gasteiger partial charge in [0.1, 0.15) is 0 Å². The van der Waals surface area contributed by atoms with E-state index in [4.69, 9.17) is 9.31 Å². The Morgan fingerprint density at radius 2 is 1.78 bits per heavy atom. The molecule has 0 spiro atoms. The molecule has 0 N–H and O–H groups in total. The van der Waals surface area contributed by atoms with Crippen LogP contribution in [-0.2, 0) is 15.9 Å². The number of anilines is 1. The number of hydrogen-bond acceptors (Lipinski definition) is 6. The topological polar surface area (TPSA) is 37.8 Å². The first-order valence-electron chi connectivity index (χ1n) is 9.65. The lowest BCUT2D eigenvalue weighted by molar-refractivity contribution is 0.00578. The Morgan fingerprint density at radius 3 is 2.41 bits per heavy atom. The molecular weight excluding hydrogens is 357 g/mol. The van der Waals surface area contributed by atoms with E-state index in [9.17, 15) is 0 Å². The van der Waals surface area contributed by atoms with Crippen LogP contribution in [-0.4, -0.2) is 54.4 Å². The van der Waals surface area contributed by atoms with E-state index in [1.54, 1.807) is 11.3 Å². The van der Waals surface area contributed by atoms with Crippen LogP contribution in [0, 0.1) is 0 Å². The number of thiazole rings is 1. The summed E-state index contributed by atoms with van der Waals surface area (Å²) in [5.74, 6) is 0. The summed E-state index contributed by atoms with van der Waals surface area (Å²) in [6.45, 7) is 13.5. The highest BCUT2D eigenvalue weighted by Gasteiger charge is 2.51. The second kappa shape index (κ2) is 7.20. The van der Waals surface area contributed by atoms with E-state index in [1.807, 2.05) is 11.6 Å². The van der Waals surface area contributed by atoms with Crippen LogP contribution in [0.3, 0.4) is 0 Å². The quantitative estimate of drug-likeness (QED) is 0.757. The summed E-state index contributed by atoms with van der Waals surface area (Å²) in [6.07, 6.45) is 1.88. The zero-order valence-electron chi connectivity index (χ0n) is 16.6. The van der Waals surface area contributed by atoms with E-state index in [1.165, 1.54) is 5.56 Å². The molecule has 0 aliphatic carbocycles. The van der Waals surface area contributed by atoms with Crippen molar-refractivity contribution < 1.29 is 9.31 Å². The first-order chi connectivity index (χ1) is 12.8. The normalized spacial score (nSPS) is 22.4. The van der Waals surface area contributed by atoms with E-state index in [2.05, 4.69) is 66.7 Å². The smallest absolute Gasteiger partial charge is 0.399 e. The molecule has 144 valence electrons. The SMILES string of the molecule is CC1(C)OB(c2cccc(CN3CCN(c4nccs4)CC3)c2)OC1(C)C. The first-order valence-corrected chi connectivity index (χ1v) is 10.5. The zero-order chi connectivity index (χ0) is 19.1. The lowest BCUT2D eigenvalue weighted by Gasteiger charge is -2.34. The minimum atomic E-state index is -0.306. The summed E-state index contributed by atoms with van der Waals surface area (Å²) < 4.78 is 12.4. The molecule has 27 heavy (non-hydrogen) atoms. The summed E-state index contributed by atoms with van der Waals surface area (Å²) in [5, 5.41) is 3.18. The molecular formula is C20H28BN3O2S. The third-order valence-electron chi connectivity index (χ3n) is 5.94. The van der Waals surface area contributed by atoms with Crippen molar-refractivity contribution in [1.29, 1.82) is 0 Å². The molecule has 0 unspecified atom stereocenters. The molecule has 2 aliphatic rings. The van der Waals surface area contributed by atoms with Gasteiger partial charge in [-0.2, -0.15) is 0 Å². The fourth-order valence-corrected chi connectivity index (χ4v) is 4.24.